The van der Waals surface area contributed by atoms with Gasteiger partial charge in [-0.15, -0.1) is 0 Å². The van der Waals surface area contributed by atoms with Crippen LogP contribution in [-0.4, -0.2) is 32.9 Å². The third-order valence-corrected chi connectivity index (χ3v) is 4.43. The van der Waals surface area contributed by atoms with E-state index in [2.05, 4.69) is 0 Å². The Labute approximate surface area is 96.9 Å². The predicted octanol–water partition coefficient (Wildman–Crippen LogP) is 1.73. The van der Waals surface area contributed by atoms with E-state index in [1.807, 2.05) is 13.8 Å². The molecule has 5 heteroatoms. The van der Waals surface area contributed by atoms with Gasteiger partial charge in [0.15, 0.2) is 0 Å². The lowest BCUT2D eigenvalue weighted by atomic mass is 10.3. The molecule has 0 bridgehead atoms. The van der Waals surface area contributed by atoms with E-state index in [0.717, 1.165) is 0 Å². The fourth-order valence-electron chi connectivity index (χ4n) is 1.47. The topological polar surface area (TPSA) is 46.6 Å². The molecular weight excluding hydrogens is 226 g/mol. The Hall–Kier alpha value is -1.07. The van der Waals surface area contributed by atoms with Gasteiger partial charge in [0.25, 0.3) is 0 Å². The van der Waals surface area contributed by atoms with Gasteiger partial charge in [-0.05, 0) is 12.1 Å². The van der Waals surface area contributed by atoms with Crippen molar-refractivity contribution in [3.8, 4) is 5.75 Å². The van der Waals surface area contributed by atoms with Crippen LogP contribution in [0.4, 0.5) is 0 Å². The number of benzene rings is 1. The summed E-state index contributed by atoms with van der Waals surface area (Å²) in [7, 11) is -1.86. The fourth-order valence-corrected chi connectivity index (χ4v) is 2.97. The van der Waals surface area contributed by atoms with Gasteiger partial charge in [0.2, 0.25) is 10.0 Å². The highest BCUT2D eigenvalue weighted by atomic mass is 32.2. The first-order valence-electron chi connectivity index (χ1n) is 5.20. The van der Waals surface area contributed by atoms with E-state index in [1.165, 1.54) is 17.5 Å². The molecule has 0 unspecified atom stereocenters. The summed E-state index contributed by atoms with van der Waals surface area (Å²) in [6.45, 7) is 4.58. The highest BCUT2D eigenvalue weighted by molar-refractivity contribution is 7.89. The Morgan fingerprint density at radius 2 is 1.88 bits per heavy atom. The van der Waals surface area contributed by atoms with Crippen LogP contribution in [0.3, 0.4) is 0 Å². The zero-order valence-electron chi connectivity index (χ0n) is 9.80. The van der Waals surface area contributed by atoms with Crippen LogP contribution in [0.1, 0.15) is 13.8 Å². The minimum atomic E-state index is -3.38. The second kappa shape index (κ2) is 5.32. The molecule has 1 rings (SSSR count). The summed E-state index contributed by atoms with van der Waals surface area (Å²) in [4.78, 5) is 0.274. The zero-order chi connectivity index (χ0) is 12.2. The molecular formula is C11H17NO3S. The second-order valence-electron chi connectivity index (χ2n) is 3.27. The van der Waals surface area contributed by atoms with E-state index in [9.17, 15) is 8.42 Å². The first-order valence-corrected chi connectivity index (χ1v) is 6.64. The molecule has 1 aromatic rings. The number of nitrogens with zero attached hydrogens (tertiary/aromatic N) is 1. The molecule has 90 valence electrons. The highest BCUT2D eigenvalue weighted by Gasteiger charge is 2.21. The van der Waals surface area contributed by atoms with Gasteiger partial charge in [-0.3, -0.25) is 0 Å². The van der Waals surface area contributed by atoms with Crippen LogP contribution >= 0.6 is 0 Å². The van der Waals surface area contributed by atoms with Gasteiger partial charge in [0.05, 0.1) is 12.0 Å². The Morgan fingerprint density at radius 3 is 2.38 bits per heavy atom. The van der Waals surface area contributed by atoms with Gasteiger partial charge in [0.1, 0.15) is 5.75 Å². The number of methoxy groups -OCH3 is 1. The van der Waals surface area contributed by atoms with Crippen molar-refractivity contribution >= 4 is 10.0 Å². The van der Waals surface area contributed by atoms with Crippen molar-refractivity contribution in [3.63, 3.8) is 0 Å². The summed E-state index contributed by atoms with van der Waals surface area (Å²) in [5, 5.41) is 0. The average molecular weight is 243 g/mol. The molecule has 1 aromatic carbocycles. The monoisotopic (exact) mass is 243 g/mol. The summed E-state index contributed by atoms with van der Waals surface area (Å²) in [5.74, 6) is 0.549. The molecule has 0 heterocycles. The number of hydrogen-bond donors (Lipinski definition) is 0. The SMILES string of the molecule is CCN(CC)S(=O)(=O)c1cccc(OC)c1. The molecule has 0 saturated carbocycles. The zero-order valence-corrected chi connectivity index (χ0v) is 10.6. The smallest absolute Gasteiger partial charge is 0.243 e. The van der Waals surface area contributed by atoms with Crippen LogP contribution < -0.4 is 4.74 Å². The number of ether oxygens (including phenoxy) is 1. The Morgan fingerprint density at radius 1 is 1.25 bits per heavy atom. The van der Waals surface area contributed by atoms with Gasteiger partial charge in [-0.2, -0.15) is 4.31 Å². The van der Waals surface area contributed by atoms with Gasteiger partial charge in [-0.1, -0.05) is 19.9 Å². The van der Waals surface area contributed by atoms with Gasteiger partial charge in [0, 0.05) is 19.2 Å². The summed E-state index contributed by atoms with van der Waals surface area (Å²) >= 11 is 0. The number of rotatable bonds is 5. The molecule has 0 N–H and O–H groups in total. The van der Waals surface area contributed by atoms with Crippen LogP contribution in [0.25, 0.3) is 0 Å². The largest absolute Gasteiger partial charge is 0.497 e. The maximum Gasteiger partial charge on any atom is 0.243 e. The van der Waals surface area contributed by atoms with Gasteiger partial charge >= 0.3 is 0 Å². The van der Waals surface area contributed by atoms with Crippen LogP contribution in [0.5, 0.6) is 5.75 Å². The first-order chi connectivity index (χ1) is 7.56. The third-order valence-electron chi connectivity index (χ3n) is 2.38. The third kappa shape index (κ3) is 2.54. The molecule has 0 fully saturated rings. The summed E-state index contributed by atoms with van der Waals surface area (Å²) < 4.78 is 30.7. The van der Waals surface area contributed by atoms with Crippen molar-refractivity contribution in [1.29, 1.82) is 0 Å². The number of sulfonamides is 1. The molecule has 0 aliphatic heterocycles. The molecule has 0 radical (unpaired) electrons. The minimum absolute atomic E-state index is 0.274. The van der Waals surface area contributed by atoms with E-state index in [1.54, 1.807) is 18.2 Å². The Kier molecular flexibility index (Phi) is 4.32. The van der Waals surface area contributed by atoms with Gasteiger partial charge in [-0.25, -0.2) is 8.42 Å². The maximum absolute atomic E-state index is 12.1. The summed E-state index contributed by atoms with van der Waals surface area (Å²) in [5.41, 5.74) is 0. The van der Waals surface area contributed by atoms with E-state index in [0.29, 0.717) is 18.8 Å². The molecule has 0 atom stereocenters. The van der Waals surface area contributed by atoms with Crippen molar-refractivity contribution in [2.45, 2.75) is 18.7 Å². The van der Waals surface area contributed by atoms with Gasteiger partial charge < -0.3 is 4.74 Å². The normalized spacial score (nSPS) is 11.8. The minimum Gasteiger partial charge on any atom is -0.497 e. The summed E-state index contributed by atoms with van der Waals surface area (Å²) in [6.07, 6.45) is 0. The van der Waals surface area contributed by atoms with Crippen molar-refractivity contribution in [1.82, 2.24) is 4.31 Å². The molecule has 4 nitrogen and oxygen atoms in total. The van der Waals surface area contributed by atoms with Crippen LogP contribution in [-0.2, 0) is 10.0 Å². The fraction of sp³-hybridized carbons (Fsp3) is 0.455. The van der Waals surface area contributed by atoms with E-state index in [-0.39, 0.29) is 4.90 Å². The quantitative estimate of drug-likeness (QED) is 0.791. The lowest BCUT2D eigenvalue weighted by Gasteiger charge is -2.18. The van der Waals surface area contributed by atoms with Crippen molar-refractivity contribution in [2.75, 3.05) is 20.2 Å². The van der Waals surface area contributed by atoms with E-state index >= 15 is 0 Å². The Balaban J connectivity index is 3.16. The molecule has 0 spiro atoms. The maximum atomic E-state index is 12.1. The lowest BCUT2D eigenvalue weighted by Crippen LogP contribution is -2.30. The van der Waals surface area contributed by atoms with Crippen molar-refractivity contribution in [3.05, 3.63) is 24.3 Å². The molecule has 16 heavy (non-hydrogen) atoms. The standard InChI is InChI=1S/C11H17NO3S/c1-4-12(5-2)16(13,14)11-8-6-7-10(9-11)15-3/h6-9H,4-5H2,1-3H3. The molecule has 0 aromatic heterocycles. The van der Waals surface area contributed by atoms with Crippen molar-refractivity contribution < 1.29 is 13.2 Å². The highest BCUT2D eigenvalue weighted by Crippen LogP contribution is 2.20. The van der Waals surface area contributed by atoms with E-state index in [4.69, 9.17) is 4.74 Å². The first kappa shape index (κ1) is 13.0. The van der Waals surface area contributed by atoms with Crippen molar-refractivity contribution in [2.24, 2.45) is 0 Å². The van der Waals surface area contributed by atoms with E-state index < -0.39 is 10.0 Å². The average Bonchev–Trinajstić information content (AvgIpc) is 2.30. The molecule has 0 aliphatic carbocycles. The summed E-state index contributed by atoms with van der Waals surface area (Å²) in [6, 6.07) is 6.51. The predicted molar refractivity (Wildman–Crippen MR) is 63.1 cm³/mol. The molecule has 0 saturated heterocycles. The van der Waals surface area contributed by atoms with Crippen LogP contribution in [0.2, 0.25) is 0 Å². The Bertz CT molecular complexity index is 438. The molecule has 0 aliphatic rings. The lowest BCUT2D eigenvalue weighted by molar-refractivity contribution is 0.412. The number of hydrogen-bond acceptors (Lipinski definition) is 3. The van der Waals surface area contributed by atoms with Crippen LogP contribution in [0.15, 0.2) is 29.2 Å². The molecule has 0 amide bonds. The van der Waals surface area contributed by atoms with Crippen LogP contribution in [0, 0.1) is 0 Å². The second-order valence-corrected chi connectivity index (χ2v) is 5.21.